The maximum Gasteiger partial charge on any atom is 0.273 e. The molecular formula is C9H16N2O2S. The lowest BCUT2D eigenvalue weighted by Gasteiger charge is -2.00. The van der Waals surface area contributed by atoms with Crippen molar-refractivity contribution >= 4 is 11.3 Å². The van der Waals surface area contributed by atoms with Gasteiger partial charge >= 0.3 is 0 Å². The van der Waals surface area contributed by atoms with Gasteiger partial charge in [0.15, 0.2) is 0 Å². The van der Waals surface area contributed by atoms with Crippen LogP contribution in [0.15, 0.2) is 0 Å². The summed E-state index contributed by atoms with van der Waals surface area (Å²) in [4.78, 5) is 5.43. The van der Waals surface area contributed by atoms with Crippen molar-refractivity contribution in [1.29, 1.82) is 0 Å². The molecule has 1 aromatic heterocycles. The van der Waals surface area contributed by atoms with Gasteiger partial charge in [-0.25, -0.2) is 4.98 Å². The Morgan fingerprint density at radius 2 is 2.36 bits per heavy atom. The summed E-state index contributed by atoms with van der Waals surface area (Å²) in [6, 6.07) is 0. The molecule has 1 rings (SSSR count). The van der Waals surface area contributed by atoms with E-state index in [1.807, 2.05) is 6.92 Å². The number of methoxy groups -OCH3 is 1. The number of hydrogen-bond donors (Lipinski definition) is 2. The van der Waals surface area contributed by atoms with Crippen molar-refractivity contribution < 1.29 is 9.84 Å². The van der Waals surface area contributed by atoms with Crippen molar-refractivity contribution in [1.82, 2.24) is 10.3 Å². The summed E-state index contributed by atoms with van der Waals surface area (Å²) in [5, 5.41) is 12.5. The minimum Gasteiger partial charge on any atom is -0.473 e. The van der Waals surface area contributed by atoms with E-state index in [1.165, 1.54) is 4.88 Å². The van der Waals surface area contributed by atoms with E-state index in [-0.39, 0.29) is 6.61 Å². The minimum absolute atomic E-state index is 0.234. The fraction of sp³-hybridized carbons (Fsp3) is 0.667. The third kappa shape index (κ3) is 3.25. The van der Waals surface area contributed by atoms with Gasteiger partial charge in [-0.15, -0.1) is 0 Å². The van der Waals surface area contributed by atoms with Crippen molar-refractivity contribution in [2.75, 3.05) is 20.3 Å². The van der Waals surface area contributed by atoms with Gasteiger partial charge in [-0.2, -0.15) is 0 Å². The zero-order valence-electron chi connectivity index (χ0n) is 8.54. The highest BCUT2D eigenvalue weighted by atomic mass is 32.1. The normalized spacial score (nSPS) is 10.5. The number of ether oxygens (including phenoxy) is 1. The van der Waals surface area contributed by atoms with Crippen LogP contribution in [0, 0.1) is 6.92 Å². The van der Waals surface area contributed by atoms with Crippen molar-refractivity contribution in [2.24, 2.45) is 0 Å². The second kappa shape index (κ2) is 5.95. The Balaban J connectivity index is 2.38. The molecule has 0 aliphatic heterocycles. The number of rotatable bonds is 6. The largest absolute Gasteiger partial charge is 0.473 e. The molecule has 1 aromatic rings. The standard InChI is InChI=1S/C9H16N2O2S/c1-7-8(6-10-4-3-5-12)14-9(11-7)13-2/h10,12H,3-6H2,1-2H3. The van der Waals surface area contributed by atoms with E-state index in [2.05, 4.69) is 10.3 Å². The van der Waals surface area contributed by atoms with E-state index < -0.39 is 0 Å². The first-order valence-electron chi connectivity index (χ1n) is 4.59. The van der Waals surface area contributed by atoms with Crippen LogP contribution in [0.5, 0.6) is 5.19 Å². The quantitative estimate of drug-likeness (QED) is 0.695. The Morgan fingerprint density at radius 3 is 2.93 bits per heavy atom. The maximum atomic E-state index is 8.59. The van der Waals surface area contributed by atoms with Crippen LogP contribution < -0.4 is 10.1 Å². The molecule has 0 atom stereocenters. The molecule has 0 fully saturated rings. The average Bonchev–Trinajstić information content (AvgIpc) is 2.54. The van der Waals surface area contributed by atoms with Crippen LogP contribution in [0.4, 0.5) is 0 Å². The molecule has 0 amide bonds. The zero-order chi connectivity index (χ0) is 10.4. The number of aryl methyl sites for hydroxylation is 1. The fourth-order valence-electron chi connectivity index (χ4n) is 1.06. The van der Waals surface area contributed by atoms with Gasteiger partial charge in [0, 0.05) is 18.0 Å². The van der Waals surface area contributed by atoms with Crippen LogP contribution in [0.25, 0.3) is 0 Å². The lowest BCUT2D eigenvalue weighted by molar-refractivity contribution is 0.286. The topological polar surface area (TPSA) is 54.4 Å². The highest BCUT2D eigenvalue weighted by Gasteiger charge is 2.06. The van der Waals surface area contributed by atoms with Crippen LogP contribution in [-0.4, -0.2) is 30.4 Å². The Hall–Kier alpha value is -0.650. The van der Waals surface area contributed by atoms with Gasteiger partial charge in [-0.1, -0.05) is 11.3 Å². The van der Waals surface area contributed by atoms with Crippen LogP contribution in [0.1, 0.15) is 17.0 Å². The van der Waals surface area contributed by atoms with Gasteiger partial charge in [0.1, 0.15) is 0 Å². The predicted molar refractivity (Wildman–Crippen MR) is 56.8 cm³/mol. The number of aliphatic hydroxyl groups is 1. The summed E-state index contributed by atoms with van der Waals surface area (Å²) in [7, 11) is 1.63. The maximum absolute atomic E-state index is 8.59. The van der Waals surface area contributed by atoms with Crippen molar-refractivity contribution in [2.45, 2.75) is 19.9 Å². The first-order valence-corrected chi connectivity index (χ1v) is 5.41. The van der Waals surface area contributed by atoms with E-state index in [4.69, 9.17) is 9.84 Å². The van der Waals surface area contributed by atoms with E-state index in [1.54, 1.807) is 18.4 Å². The summed E-state index contributed by atoms with van der Waals surface area (Å²) < 4.78 is 5.04. The smallest absolute Gasteiger partial charge is 0.273 e. The average molecular weight is 216 g/mol. The number of aromatic nitrogens is 1. The Bertz CT molecular complexity index is 276. The minimum atomic E-state index is 0.234. The van der Waals surface area contributed by atoms with Gasteiger partial charge in [0.25, 0.3) is 5.19 Å². The first kappa shape index (κ1) is 11.4. The van der Waals surface area contributed by atoms with E-state index >= 15 is 0 Å². The number of nitrogens with zero attached hydrogens (tertiary/aromatic N) is 1. The molecule has 0 unspecified atom stereocenters. The molecule has 0 aliphatic carbocycles. The third-order valence-corrected chi connectivity index (χ3v) is 2.96. The van der Waals surface area contributed by atoms with E-state index in [9.17, 15) is 0 Å². The summed E-state index contributed by atoms with van der Waals surface area (Å²) in [6.07, 6.45) is 0.787. The molecule has 0 aliphatic rings. The molecule has 0 saturated carbocycles. The Labute approximate surface area is 87.9 Å². The Kier molecular flexibility index (Phi) is 4.86. The lowest BCUT2D eigenvalue weighted by atomic mass is 10.4. The molecule has 14 heavy (non-hydrogen) atoms. The van der Waals surface area contributed by atoms with Gasteiger partial charge in [-0.3, -0.25) is 0 Å². The second-order valence-corrected chi connectivity index (χ2v) is 3.99. The molecule has 0 aromatic carbocycles. The molecule has 1 heterocycles. The number of aliphatic hydroxyl groups excluding tert-OH is 1. The molecular weight excluding hydrogens is 200 g/mol. The van der Waals surface area contributed by atoms with Gasteiger partial charge in [0.2, 0.25) is 0 Å². The van der Waals surface area contributed by atoms with Gasteiger partial charge < -0.3 is 15.2 Å². The first-order chi connectivity index (χ1) is 6.77. The van der Waals surface area contributed by atoms with E-state index in [0.717, 1.165) is 25.2 Å². The summed E-state index contributed by atoms with van der Waals surface area (Å²) in [5.74, 6) is 0. The van der Waals surface area contributed by atoms with Gasteiger partial charge in [-0.05, 0) is 19.9 Å². The molecule has 5 heteroatoms. The highest BCUT2D eigenvalue weighted by molar-refractivity contribution is 7.13. The van der Waals surface area contributed by atoms with Gasteiger partial charge in [0.05, 0.1) is 12.8 Å². The molecule has 0 radical (unpaired) electrons. The molecule has 0 bridgehead atoms. The summed E-state index contributed by atoms with van der Waals surface area (Å²) in [5.41, 5.74) is 1.02. The van der Waals surface area contributed by atoms with E-state index in [0.29, 0.717) is 5.19 Å². The zero-order valence-corrected chi connectivity index (χ0v) is 9.36. The molecule has 80 valence electrons. The van der Waals surface area contributed by atoms with Crippen molar-refractivity contribution in [3.8, 4) is 5.19 Å². The predicted octanol–water partition coefficient (Wildman–Crippen LogP) is 0.932. The summed E-state index contributed by atoms with van der Waals surface area (Å²) in [6.45, 7) is 3.84. The van der Waals surface area contributed by atoms with Crippen molar-refractivity contribution in [3.63, 3.8) is 0 Å². The monoisotopic (exact) mass is 216 g/mol. The van der Waals surface area contributed by atoms with Crippen LogP contribution in [-0.2, 0) is 6.54 Å². The molecule has 0 saturated heterocycles. The molecule has 2 N–H and O–H groups in total. The number of nitrogens with one attached hydrogen (secondary N) is 1. The van der Waals surface area contributed by atoms with Crippen LogP contribution in [0.2, 0.25) is 0 Å². The second-order valence-electron chi connectivity index (χ2n) is 2.95. The third-order valence-electron chi connectivity index (χ3n) is 1.84. The Morgan fingerprint density at radius 1 is 1.57 bits per heavy atom. The fourth-order valence-corrected chi connectivity index (χ4v) is 1.90. The number of thiazole rings is 1. The highest BCUT2D eigenvalue weighted by Crippen LogP contribution is 2.23. The SMILES string of the molecule is COc1nc(C)c(CNCCCO)s1. The molecule has 0 spiro atoms. The van der Waals surface area contributed by atoms with Crippen molar-refractivity contribution in [3.05, 3.63) is 10.6 Å². The molecule has 4 nitrogen and oxygen atoms in total. The van der Waals surface area contributed by atoms with Crippen LogP contribution in [0.3, 0.4) is 0 Å². The summed E-state index contributed by atoms with van der Waals surface area (Å²) >= 11 is 1.56. The lowest BCUT2D eigenvalue weighted by Crippen LogP contribution is -2.15. The van der Waals surface area contributed by atoms with Crippen LogP contribution >= 0.6 is 11.3 Å². The number of hydrogen-bond acceptors (Lipinski definition) is 5.